The van der Waals surface area contributed by atoms with Gasteiger partial charge < -0.3 is 5.32 Å². The second-order valence-electron chi connectivity index (χ2n) is 3.49. The van der Waals surface area contributed by atoms with Crippen LogP contribution in [-0.4, -0.2) is 17.3 Å². The average Bonchev–Trinajstić information content (AvgIpc) is 2.27. The smallest absolute Gasteiger partial charge is 0.127 e. The number of aromatic nitrogens is 1. The molecule has 0 atom stereocenters. The Kier molecular flexibility index (Phi) is 6.25. The van der Waals surface area contributed by atoms with Crippen molar-refractivity contribution in [2.24, 2.45) is 0 Å². The van der Waals surface area contributed by atoms with E-state index < -0.39 is 0 Å². The monoisotopic (exact) mass is 224 g/mol. The lowest BCUT2D eigenvalue weighted by atomic mass is 10.4. The topological polar surface area (TPSA) is 24.9 Å². The fourth-order valence-corrected chi connectivity index (χ4v) is 2.15. The van der Waals surface area contributed by atoms with E-state index in [1.807, 2.05) is 17.8 Å². The van der Waals surface area contributed by atoms with Crippen LogP contribution >= 0.6 is 11.8 Å². The van der Waals surface area contributed by atoms with Crippen molar-refractivity contribution in [2.75, 3.05) is 17.6 Å². The fourth-order valence-electron chi connectivity index (χ4n) is 1.17. The lowest BCUT2D eigenvalue weighted by Gasteiger charge is -2.05. The van der Waals surface area contributed by atoms with Crippen LogP contribution in [-0.2, 0) is 0 Å². The summed E-state index contributed by atoms with van der Waals surface area (Å²) in [5.74, 6) is 2.17. The number of anilines is 1. The van der Waals surface area contributed by atoms with Gasteiger partial charge in [-0.05, 0) is 30.7 Å². The molecule has 3 heteroatoms. The number of thioether (sulfide) groups is 1. The quantitative estimate of drug-likeness (QED) is 0.563. The maximum Gasteiger partial charge on any atom is 0.127 e. The van der Waals surface area contributed by atoms with Gasteiger partial charge in [0.05, 0.1) is 5.03 Å². The molecule has 0 aliphatic heterocycles. The van der Waals surface area contributed by atoms with Gasteiger partial charge in [-0.25, -0.2) is 4.98 Å². The summed E-state index contributed by atoms with van der Waals surface area (Å²) in [6, 6.07) is 6.18. The standard InChI is InChI=1S/C12H20N2S/c1-3-5-10-15-12-8-6-7-11(14-12)13-9-4-2/h6-8H,3-5,9-10H2,1-2H3,(H,13,14). The fraction of sp³-hybridized carbons (Fsp3) is 0.583. The Balaban J connectivity index is 2.42. The second-order valence-corrected chi connectivity index (χ2v) is 4.61. The van der Waals surface area contributed by atoms with Gasteiger partial charge in [-0.1, -0.05) is 26.3 Å². The summed E-state index contributed by atoms with van der Waals surface area (Å²) in [5.41, 5.74) is 0. The van der Waals surface area contributed by atoms with E-state index in [4.69, 9.17) is 0 Å². The van der Waals surface area contributed by atoms with Crippen LogP contribution in [0.5, 0.6) is 0 Å². The number of hydrogen-bond acceptors (Lipinski definition) is 3. The van der Waals surface area contributed by atoms with Gasteiger partial charge in [0, 0.05) is 6.54 Å². The van der Waals surface area contributed by atoms with E-state index in [1.165, 1.54) is 18.6 Å². The van der Waals surface area contributed by atoms with E-state index in [2.05, 4.69) is 36.3 Å². The van der Waals surface area contributed by atoms with Gasteiger partial charge in [0.2, 0.25) is 0 Å². The molecule has 1 aromatic heterocycles. The molecular weight excluding hydrogens is 204 g/mol. The lowest BCUT2D eigenvalue weighted by molar-refractivity contribution is 0.894. The highest BCUT2D eigenvalue weighted by Gasteiger charge is 1.97. The zero-order chi connectivity index (χ0) is 10.9. The van der Waals surface area contributed by atoms with Crippen molar-refractivity contribution in [3.8, 4) is 0 Å². The van der Waals surface area contributed by atoms with Crippen molar-refractivity contribution in [2.45, 2.75) is 38.1 Å². The zero-order valence-electron chi connectivity index (χ0n) is 9.62. The highest BCUT2D eigenvalue weighted by Crippen LogP contribution is 2.18. The molecule has 0 bridgehead atoms. The van der Waals surface area contributed by atoms with E-state index >= 15 is 0 Å². The molecule has 1 heterocycles. The number of pyridine rings is 1. The van der Waals surface area contributed by atoms with Gasteiger partial charge in [-0.15, -0.1) is 11.8 Å². The summed E-state index contributed by atoms with van der Waals surface area (Å²) < 4.78 is 0. The molecule has 84 valence electrons. The molecule has 0 spiro atoms. The van der Waals surface area contributed by atoms with Gasteiger partial charge in [-0.2, -0.15) is 0 Å². The molecule has 0 unspecified atom stereocenters. The third kappa shape index (κ3) is 5.07. The molecule has 1 aromatic rings. The van der Waals surface area contributed by atoms with Crippen LogP contribution < -0.4 is 5.32 Å². The van der Waals surface area contributed by atoms with Crippen LogP contribution in [0.15, 0.2) is 23.2 Å². The third-order valence-corrected chi connectivity index (χ3v) is 3.04. The molecule has 0 fully saturated rings. The van der Waals surface area contributed by atoms with E-state index in [9.17, 15) is 0 Å². The first-order valence-electron chi connectivity index (χ1n) is 5.70. The largest absolute Gasteiger partial charge is 0.370 e. The highest BCUT2D eigenvalue weighted by atomic mass is 32.2. The SMILES string of the molecule is CCCCSc1cccc(NCCC)n1. The average molecular weight is 224 g/mol. The van der Waals surface area contributed by atoms with Crippen molar-refractivity contribution in [1.82, 2.24) is 4.98 Å². The minimum absolute atomic E-state index is 0.996. The molecule has 1 rings (SSSR count). The number of nitrogens with one attached hydrogen (secondary N) is 1. The lowest BCUT2D eigenvalue weighted by Crippen LogP contribution is -2.01. The molecule has 0 saturated heterocycles. The Morgan fingerprint density at radius 3 is 2.87 bits per heavy atom. The summed E-state index contributed by atoms with van der Waals surface area (Å²) in [7, 11) is 0. The normalized spacial score (nSPS) is 10.3. The second kappa shape index (κ2) is 7.57. The molecule has 2 nitrogen and oxygen atoms in total. The summed E-state index contributed by atoms with van der Waals surface area (Å²) >= 11 is 1.84. The first-order chi connectivity index (χ1) is 7.36. The van der Waals surface area contributed by atoms with Crippen LogP contribution in [0.4, 0.5) is 5.82 Å². The minimum atomic E-state index is 0.996. The summed E-state index contributed by atoms with van der Waals surface area (Å²) in [6.07, 6.45) is 3.65. The summed E-state index contributed by atoms with van der Waals surface area (Å²) in [4.78, 5) is 4.53. The van der Waals surface area contributed by atoms with Crippen molar-refractivity contribution < 1.29 is 0 Å². The Morgan fingerprint density at radius 2 is 2.13 bits per heavy atom. The molecule has 0 amide bonds. The molecule has 0 aliphatic carbocycles. The predicted octanol–water partition coefficient (Wildman–Crippen LogP) is 3.80. The Labute approximate surface area is 96.9 Å². The van der Waals surface area contributed by atoms with Crippen molar-refractivity contribution >= 4 is 17.6 Å². The van der Waals surface area contributed by atoms with Crippen molar-refractivity contribution in [3.05, 3.63) is 18.2 Å². The van der Waals surface area contributed by atoms with Gasteiger partial charge in [0.15, 0.2) is 0 Å². The first kappa shape index (κ1) is 12.4. The molecule has 0 radical (unpaired) electrons. The van der Waals surface area contributed by atoms with E-state index in [0.717, 1.165) is 23.8 Å². The van der Waals surface area contributed by atoms with Crippen molar-refractivity contribution in [3.63, 3.8) is 0 Å². The molecule has 15 heavy (non-hydrogen) atoms. The van der Waals surface area contributed by atoms with E-state index in [0.29, 0.717) is 0 Å². The molecule has 0 aliphatic rings. The maximum absolute atomic E-state index is 4.53. The zero-order valence-corrected chi connectivity index (χ0v) is 10.4. The summed E-state index contributed by atoms with van der Waals surface area (Å²) in [6.45, 7) is 5.37. The van der Waals surface area contributed by atoms with Gasteiger partial charge in [-0.3, -0.25) is 0 Å². The van der Waals surface area contributed by atoms with Gasteiger partial charge in [0.1, 0.15) is 5.82 Å². The maximum atomic E-state index is 4.53. The van der Waals surface area contributed by atoms with Gasteiger partial charge >= 0.3 is 0 Å². The van der Waals surface area contributed by atoms with Gasteiger partial charge in [0.25, 0.3) is 0 Å². The molecule has 1 N–H and O–H groups in total. The Bertz CT molecular complexity index is 276. The van der Waals surface area contributed by atoms with Crippen LogP contribution in [0.1, 0.15) is 33.1 Å². The van der Waals surface area contributed by atoms with Crippen LogP contribution in [0.2, 0.25) is 0 Å². The van der Waals surface area contributed by atoms with Crippen LogP contribution in [0.3, 0.4) is 0 Å². The number of nitrogens with zero attached hydrogens (tertiary/aromatic N) is 1. The predicted molar refractivity (Wildman–Crippen MR) is 68.6 cm³/mol. The third-order valence-electron chi connectivity index (χ3n) is 2.03. The first-order valence-corrected chi connectivity index (χ1v) is 6.69. The molecular formula is C12H20N2S. The number of unbranched alkanes of at least 4 members (excludes halogenated alkanes) is 1. The number of hydrogen-bond donors (Lipinski definition) is 1. The minimum Gasteiger partial charge on any atom is -0.370 e. The number of rotatable bonds is 7. The van der Waals surface area contributed by atoms with E-state index in [-0.39, 0.29) is 0 Å². The molecule has 0 saturated carbocycles. The molecule has 0 aromatic carbocycles. The Morgan fingerprint density at radius 1 is 1.27 bits per heavy atom. The van der Waals surface area contributed by atoms with Crippen LogP contribution in [0.25, 0.3) is 0 Å². The van der Waals surface area contributed by atoms with Crippen molar-refractivity contribution in [1.29, 1.82) is 0 Å². The Hall–Kier alpha value is -0.700. The summed E-state index contributed by atoms with van der Waals surface area (Å²) in [5, 5.41) is 4.43. The van der Waals surface area contributed by atoms with Crippen LogP contribution in [0, 0.1) is 0 Å². The highest BCUT2D eigenvalue weighted by molar-refractivity contribution is 7.99. The van der Waals surface area contributed by atoms with E-state index in [1.54, 1.807) is 0 Å².